The third-order valence-corrected chi connectivity index (χ3v) is 7.15. The van der Waals surface area contributed by atoms with E-state index in [9.17, 15) is 0 Å². The second-order valence-electron chi connectivity index (χ2n) is 11.6. The van der Waals surface area contributed by atoms with Crippen molar-refractivity contribution >= 4 is 17.1 Å². The molecule has 2 heterocycles. The van der Waals surface area contributed by atoms with Crippen molar-refractivity contribution in [2.75, 3.05) is 20.6 Å². The van der Waals surface area contributed by atoms with E-state index in [1.165, 1.54) is 49.6 Å². The molecular weight excluding hydrogens is 637 g/mol. The number of aromatic nitrogens is 1. The van der Waals surface area contributed by atoms with Gasteiger partial charge in [0.05, 0.1) is 5.84 Å². The lowest BCUT2D eigenvalue weighted by atomic mass is 9.99. The highest BCUT2D eigenvalue weighted by atomic mass is 15.1. The predicted molar refractivity (Wildman–Crippen MR) is 239 cm³/mol. The minimum Gasteiger partial charge on any atom is -0.388 e. The molecule has 0 spiro atoms. The molecule has 292 valence electrons. The van der Waals surface area contributed by atoms with Gasteiger partial charge in [0.15, 0.2) is 0 Å². The van der Waals surface area contributed by atoms with Crippen molar-refractivity contribution in [1.82, 2.24) is 15.2 Å². The van der Waals surface area contributed by atoms with Crippen LogP contribution < -0.4 is 16.8 Å². The maximum Gasteiger partial charge on any atom is 0.0946 e. The van der Waals surface area contributed by atoms with E-state index >= 15 is 0 Å². The number of hydrogen-bond donors (Lipinski definition) is 4. The largest absolute Gasteiger partial charge is 0.388 e. The summed E-state index contributed by atoms with van der Waals surface area (Å²) in [5.74, 6) is 0.180. The average Bonchev–Trinajstić information content (AvgIpc) is 3.17. The molecular formula is C46H78N6. The van der Waals surface area contributed by atoms with Gasteiger partial charge in [0.25, 0.3) is 0 Å². The SMILES string of the molecule is C=C.C=CC.C=C\C(=C/C=C(C)/C=C(/C)CC(=N)N)c1cnc2c(c1)CN(Cc1ccc(C(=C)NC)cc1)CC2.CC.CCCC.CCCC.CN. The summed E-state index contributed by atoms with van der Waals surface area (Å²) in [7, 11) is 3.39. The lowest BCUT2D eigenvalue weighted by Gasteiger charge is -2.28. The number of amidine groups is 1. The Morgan fingerprint density at radius 2 is 1.46 bits per heavy atom. The fraction of sp³-hybridized carbons (Fsp3) is 0.435. The molecule has 0 atom stereocenters. The van der Waals surface area contributed by atoms with Crippen LogP contribution in [0.3, 0.4) is 0 Å². The van der Waals surface area contributed by atoms with Gasteiger partial charge in [0.1, 0.15) is 0 Å². The number of hydrogen-bond acceptors (Lipinski definition) is 5. The lowest BCUT2D eigenvalue weighted by molar-refractivity contribution is 0.243. The molecule has 0 fully saturated rings. The summed E-state index contributed by atoms with van der Waals surface area (Å²) in [5.41, 5.74) is 20.1. The van der Waals surface area contributed by atoms with Crippen molar-refractivity contribution in [2.45, 2.75) is 114 Å². The first-order valence-corrected chi connectivity index (χ1v) is 18.9. The molecule has 0 unspecified atom stereocenters. The van der Waals surface area contributed by atoms with E-state index in [4.69, 9.17) is 16.1 Å². The van der Waals surface area contributed by atoms with Crippen LogP contribution >= 0.6 is 0 Å². The van der Waals surface area contributed by atoms with E-state index in [2.05, 4.69) is 125 Å². The quantitative estimate of drug-likeness (QED) is 0.0758. The second kappa shape index (κ2) is 38.0. The normalized spacial score (nSPS) is 11.7. The molecule has 52 heavy (non-hydrogen) atoms. The first-order chi connectivity index (χ1) is 25.0. The summed E-state index contributed by atoms with van der Waals surface area (Å²) in [5, 5.41) is 10.5. The Balaban J connectivity index is -0.000000577. The number of nitrogens with two attached hydrogens (primary N) is 2. The van der Waals surface area contributed by atoms with Crippen LogP contribution in [0.4, 0.5) is 0 Å². The van der Waals surface area contributed by atoms with Crippen LogP contribution in [0.2, 0.25) is 0 Å². The monoisotopic (exact) mass is 715 g/mol. The smallest absolute Gasteiger partial charge is 0.0946 e. The highest BCUT2D eigenvalue weighted by Gasteiger charge is 2.18. The fourth-order valence-electron chi connectivity index (χ4n) is 4.28. The standard InChI is InChI=1S/C30H37N5.2C4H10.C3H6.C2H6.C2H4.CH5N/c1-6-25(10-7-21(2)15-22(3)16-30(31)32)27-17-28-20-35(14-13-29(28)34-18-27)19-24-8-11-26(12-9-24)23(4)33-5;2*1-3-4-2;1-3-2;3*1-2/h6-12,15,17-18,33H,1,4,13-14,16,19-20H2,2-3,5H3,(H3,31,32);2*3-4H2,1-2H3;3H,1H2,2H3;1-2H3;1-2H2;2H2,1H3/b21-7+,22-15-,25-10+;;;;;;. The molecule has 3 rings (SSSR count). The number of pyridine rings is 1. The third kappa shape index (κ3) is 26.5. The highest BCUT2D eigenvalue weighted by Crippen LogP contribution is 2.24. The minimum atomic E-state index is 0.180. The molecule has 6 nitrogen and oxygen atoms in total. The predicted octanol–water partition coefficient (Wildman–Crippen LogP) is 11.8. The molecule has 6 heteroatoms. The van der Waals surface area contributed by atoms with Gasteiger partial charge in [-0.3, -0.25) is 15.3 Å². The van der Waals surface area contributed by atoms with Crippen LogP contribution in [-0.2, 0) is 19.5 Å². The number of rotatable bonds is 12. The maximum atomic E-state index is 7.44. The number of nitrogens with one attached hydrogen (secondary N) is 2. The van der Waals surface area contributed by atoms with E-state index in [0.29, 0.717) is 6.42 Å². The van der Waals surface area contributed by atoms with Crippen molar-refractivity contribution in [3.05, 3.63) is 139 Å². The van der Waals surface area contributed by atoms with Crippen LogP contribution in [-0.4, -0.2) is 36.4 Å². The van der Waals surface area contributed by atoms with Gasteiger partial charge in [-0.15, -0.1) is 19.7 Å². The Kier molecular flexibility index (Phi) is 39.8. The number of fused-ring (bicyclic) bond motifs is 1. The molecule has 0 saturated carbocycles. The number of benzene rings is 1. The summed E-state index contributed by atoms with van der Waals surface area (Å²) in [4.78, 5) is 7.25. The van der Waals surface area contributed by atoms with E-state index in [1.807, 2.05) is 53.9 Å². The summed E-state index contributed by atoms with van der Waals surface area (Å²) in [6.45, 7) is 38.9. The number of allylic oxidation sites excluding steroid dienone is 7. The van der Waals surface area contributed by atoms with E-state index in [-0.39, 0.29) is 5.84 Å². The molecule has 1 aliphatic heterocycles. The third-order valence-electron chi connectivity index (χ3n) is 7.15. The first-order valence-electron chi connectivity index (χ1n) is 18.9. The van der Waals surface area contributed by atoms with Crippen molar-refractivity contribution < 1.29 is 0 Å². The average molecular weight is 715 g/mol. The Labute approximate surface area is 321 Å². The van der Waals surface area contributed by atoms with Gasteiger partial charge >= 0.3 is 0 Å². The Hall–Kier alpha value is -4.26. The van der Waals surface area contributed by atoms with Crippen LogP contribution in [0, 0.1) is 5.41 Å². The summed E-state index contributed by atoms with van der Waals surface area (Å²) in [6.07, 6.45) is 18.5. The van der Waals surface area contributed by atoms with Gasteiger partial charge in [-0.2, -0.15) is 0 Å². The first kappa shape index (κ1) is 54.5. The van der Waals surface area contributed by atoms with Gasteiger partial charge in [-0.1, -0.05) is 146 Å². The molecule has 0 saturated heterocycles. The zero-order chi connectivity index (χ0) is 40.9. The van der Waals surface area contributed by atoms with Crippen LogP contribution in [0.25, 0.3) is 11.3 Å². The van der Waals surface area contributed by atoms with Crippen LogP contribution in [0.1, 0.15) is 122 Å². The lowest BCUT2D eigenvalue weighted by Crippen LogP contribution is -2.30. The van der Waals surface area contributed by atoms with Crippen molar-refractivity contribution in [1.29, 1.82) is 5.41 Å². The second-order valence-corrected chi connectivity index (χ2v) is 11.6. The minimum absolute atomic E-state index is 0.180. The van der Waals surface area contributed by atoms with Crippen LogP contribution in [0.5, 0.6) is 0 Å². The Bertz CT molecular complexity index is 1310. The topological polar surface area (TPSA) is 104 Å². The van der Waals surface area contributed by atoms with Crippen molar-refractivity contribution in [2.24, 2.45) is 11.5 Å². The Morgan fingerprint density at radius 1 is 0.942 bits per heavy atom. The van der Waals surface area contributed by atoms with Gasteiger partial charge < -0.3 is 16.8 Å². The summed E-state index contributed by atoms with van der Waals surface area (Å²) >= 11 is 0. The van der Waals surface area contributed by atoms with E-state index in [0.717, 1.165) is 59.6 Å². The van der Waals surface area contributed by atoms with Crippen molar-refractivity contribution in [3.8, 4) is 0 Å². The molecule has 0 amide bonds. The number of unbranched alkanes of at least 4 members (excludes halogenated alkanes) is 2. The summed E-state index contributed by atoms with van der Waals surface area (Å²) < 4.78 is 0. The Morgan fingerprint density at radius 3 is 1.90 bits per heavy atom. The molecule has 0 aliphatic carbocycles. The van der Waals surface area contributed by atoms with Gasteiger partial charge in [0.2, 0.25) is 0 Å². The van der Waals surface area contributed by atoms with Gasteiger partial charge in [-0.25, -0.2) is 0 Å². The summed E-state index contributed by atoms with van der Waals surface area (Å²) in [6, 6.07) is 10.9. The molecule has 1 aliphatic rings. The van der Waals surface area contributed by atoms with Crippen LogP contribution in [0.15, 0.2) is 111 Å². The molecule has 1 aromatic carbocycles. The number of nitrogens with zero attached hydrogens (tertiary/aromatic N) is 2. The van der Waals surface area contributed by atoms with Gasteiger partial charge in [-0.05, 0) is 56.1 Å². The molecule has 0 bridgehead atoms. The van der Waals surface area contributed by atoms with Gasteiger partial charge in [0, 0.05) is 62.7 Å². The molecule has 2 aromatic rings. The van der Waals surface area contributed by atoms with E-state index in [1.54, 1.807) is 6.08 Å². The highest BCUT2D eigenvalue weighted by molar-refractivity contribution is 5.79. The molecule has 1 aromatic heterocycles. The maximum absolute atomic E-state index is 7.44. The zero-order valence-electron chi connectivity index (χ0n) is 35.3. The fourth-order valence-corrected chi connectivity index (χ4v) is 4.28. The zero-order valence-corrected chi connectivity index (χ0v) is 35.3. The molecule has 0 radical (unpaired) electrons. The van der Waals surface area contributed by atoms with Crippen molar-refractivity contribution in [3.63, 3.8) is 0 Å². The molecule has 6 N–H and O–H groups in total. The van der Waals surface area contributed by atoms with E-state index < -0.39 is 0 Å².